The van der Waals surface area contributed by atoms with Gasteiger partial charge in [0.15, 0.2) is 6.29 Å². The minimum absolute atomic E-state index is 0.00810. The molecule has 0 saturated carbocycles. The Labute approximate surface area is 57.7 Å². The molecule has 3 saturated heterocycles. The maximum Gasteiger partial charge on any atom is 0.186 e. The molecule has 0 aliphatic carbocycles. The highest BCUT2D eigenvalue weighted by atomic mass is 16.8. The van der Waals surface area contributed by atoms with Crippen molar-refractivity contribution in [1.82, 2.24) is 0 Å². The van der Waals surface area contributed by atoms with E-state index in [4.69, 9.17) is 14.2 Å². The smallest absolute Gasteiger partial charge is 0.186 e. The van der Waals surface area contributed by atoms with Gasteiger partial charge in [0, 0.05) is 0 Å². The summed E-state index contributed by atoms with van der Waals surface area (Å²) < 4.78 is 15.6. The molecule has 5 atom stereocenters. The molecule has 4 nitrogen and oxygen atoms in total. The van der Waals surface area contributed by atoms with Crippen molar-refractivity contribution in [3.8, 4) is 0 Å². The van der Waals surface area contributed by atoms with E-state index in [1.807, 2.05) is 0 Å². The van der Waals surface area contributed by atoms with Crippen molar-refractivity contribution >= 4 is 0 Å². The molecule has 0 unspecified atom stereocenters. The van der Waals surface area contributed by atoms with Crippen LogP contribution in [0.1, 0.15) is 0 Å². The molecule has 10 heavy (non-hydrogen) atoms. The number of hydrogen-bond donors (Lipinski definition) is 1. The van der Waals surface area contributed by atoms with Gasteiger partial charge in [0.1, 0.15) is 24.4 Å². The largest absolute Gasteiger partial charge is 0.385 e. The van der Waals surface area contributed by atoms with Crippen LogP contribution in [-0.2, 0) is 14.2 Å². The van der Waals surface area contributed by atoms with Crippen LogP contribution in [0.5, 0.6) is 0 Å². The lowest BCUT2D eigenvalue weighted by Gasteiger charge is -2.18. The Hall–Kier alpha value is -0.160. The Morgan fingerprint density at radius 3 is 3.00 bits per heavy atom. The average Bonchev–Trinajstić information content (AvgIpc) is 2.61. The number of aliphatic hydroxyl groups is 1. The summed E-state index contributed by atoms with van der Waals surface area (Å²) >= 11 is 0. The van der Waals surface area contributed by atoms with E-state index in [1.54, 1.807) is 0 Å². The van der Waals surface area contributed by atoms with Crippen molar-refractivity contribution < 1.29 is 19.3 Å². The number of rotatable bonds is 0. The molecule has 0 aromatic rings. The van der Waals surface area contributed by atoms with Crippen LogP contribution >= 0.6 is 0 Å². The fourth-order valence-corrected chi connectivity index (χ4v) is 1.66. The van der Waals surface area contributed by atoms with Crippen molar-refractivity contribution in [3.63, 3.8) is 0 Å². The van der Waals surface area contributed by atoms with Crippen LogP contribution in [0.15, 0.2) is 0 Å². The quantitative estimate of drug-likeness (QED) is 0.437. The molecular weight excluding hydrogens is 136 g/mol. The Morgan fingerprint density at radius 2 is 2.10 bits per heavy atom. The van der Waals surface area contributed by atoms with Gasteiger partial charge < -0.3 is 19.3 Å². The SMILES string of the molecule is O[C@H]1[C@@H]2OC[C@@H](O2)[C@H]2O[C@@H]12. The van der Waals surface area contributed by atoms with Crippen LogP contribution in [0.3, 0.4) is 0 Å². The average molecular weight is 144 g/mol. The minimum Gasteiger partial charge on any atom is -0.385 e. The van der Waals surface area contributed by atoms with Gasteiger partial charge in [-0.2, -0.15) is 0 Å². The van der Waals surface area contributed by atoms with E-state index in [0.717, 1.165) is 0 Å². The van der Waals surface area contributed by atoms with Gasteiger partial charge in [0.05, 0.1) is 6.61 Å². The van der Waals surface area contributed by atoms with Crippen LogP contribution in [0, 0.1) is 0 Å². The lowest BCUT2D eigenvalue weighted by molar-refractivity contribution is -0.143. The Bertz CT molecular complexity index is 169. The molecule has 3 rings (SSSR count). The van der Waals surface area contributed by atoms with Crippen molar-refractivity contribution in [1.29, 1.82) is 0 Å². The molecule has 3 heterocycles. The third-order valence-corrected chi connectivity index (χ3v) is 2.28. The van der Waals surface area contributed by atoms with Crippen molar-refractivity contribution in [2.45, 2.75) is 30.7 Å². The van der Waals surface area contributed by atoms with Crippen molar-refractivity contribution in [2.75, 3.05) is 6.61 Å². The zero-order valence-electron chi connectivity index (χ0n) is 5.27. The predicted molar refractivity (Wildman–Crippen MR) is 29.3 cm³/mol. The number of ether oxygens (including phenoxy) is 3. The molecular formula is C6H8O4. The highest BCUT2D eigenvalue weighted by Crippen LogP contribution is 2.41. The normalized spacial score (nSPS) is 63.9. The summed E-state index contributed by atoms with van der Waals surface area (Å²) in [5.74, 6) is 0. The zero-order chi connectivity index (χ0) is 6.72. The summed E-state index contributed by atoms with van der Waals surface area (Å²) in [7, 11) is 0. The number of epoxide rings is 1. The summed E-state index contributed by atoms with van der Waals surface area (Å²) in [6.07, 6.45) is -0.809. The lowest BCUT2D eigenvalue weighted by atomic mass is 10.1. The summed E-state index contributed by atoms with van der Waals surface area (Å²) in [6, 6.07) is 0. The molecule has 0 radical (unpaired) electrons. The highest BCUT2D eigenvalue weighted by molar-refractivity contribution is 5.03. The highest BCUT2D eigenvalue weighted by Gasteiger charge is 2.60. The summed E-state index contributed by atoms with van der Waals surface area (Å²) in [5, 5.41) is 9.33. The van der Waals surface area contributed by atoms with Gasteiger partial charge in [-0.05, 0) is 0 Å². The molecule has 56 valence electrons. The van der Waals surface area contributed by atoms with E-state index < -0.39 is 12.4 Å². The molecule has 4 heteroatoms. The van der Waals surface area contributed by atoms with Crippen LogP contribution in [-0.4, -0.2) is 42.4 Å². The van der Waals surface area contributed by atoms with Gasteiger partial charge in [-0.25, -0.2) is 0 Å². The van der Waals surface area contributed by atoms with Gasteiger partial charge >= 0.3 is 0 Å². The second-order valence-electron chi connectivity index (χ2n) is 2.93. The molecule has 0 aromatic heterocycles. The summed E-state index contributed by atoms with van der Waals surface area (Å²) in [4.78, 5) is 0. The van der Waals surface area contributed by atoms with Crippen LogP contribution in [0.25, 0.3) is 0 Å². The fourth-order valence-electron chi connectivity index (χ4n) is 1.66. The number of aliphatic hydroxyl groups excluding tert-OH is 1. The Morgan fingerprint density at radius 1 is 1.20 bits per heavy atom. The first-order valence-corrected chi connectivity index (χ1v) is 3.47. The monoisotopic (exact) mass is 144 g/mol. The molecule has 0 amide bonds. The van der Waals surface area contributed by atoms with Crippen LogP contribution in [0.4, 0.5) is 0 Å². The molecule has 0 spiro atoms. The molecule has 3 aliphatic heterocycles. The zero-order valence-corrected chi connectivity index (χ0v) is 5.27. The van der Waals surface area contributed by atoms with E-state index in [2.05, 4.69) is 0 Å². The molecule has 2 bridgehead atoms. The first-order chi connectivity index (χ1) is 4.86. The Balaban J connectivity index is 1.91. The standard InChI is InChI=1S/C6H8O4/c7-3-5-4(10-5)2-1-8-6(3)9-2/h2-7H,1H2/t2-,3-,4-,5+,6-/m1/s1. The van der Waals surface area contributed by atoms with Crippen LogP contribution in [0.2, 0.25) is 0 Å². The third kappa shape index (κ3) is 0.509. The summed E-state index contributed by atoms with van der Waals surface area (Å²) in [6.45, 7) is 0.572. The number of hydrogen-bond acceptors (Lipinski definition) is 4. The summed E-state index contributed by atoms with van der Waals surface area (Å²) in [5.41, 5.74) is 0. The second kappa shape index (κ2) is 1.53. The van der Waals surface area contributed by atoms with Crippen LogP contribution < -0.4 is 0 Å². The van der Waals surface area contributed by atoms with Gasteiger partial charge in [0.2, 0.25) is 0 Å². The number of fused-ring (bicyclic) bond motifs is 4. The van der Waals surface area contributed by atoms with Crippen molar-refractivity contribution in [2.24, 2.45) is 0 Å². The van der Waals surface area contributed by atoms with Gasteiger partial charge in [0.25, 0.3) is 0 Å². The van der Waals surface area contributed by atoms with Gasteiger partial charge in [-0.15, -0.1) is 0 Å². The third-order valence-electron chi connectivity index (χ3n) is 2.28. The van der Waals surface area contributed by atoms with E-state index in [1.165, 1.54) is 0 Å². The molecule has 1 N–H and O–H groups in total. The topological polar surface area (TPSA) is 51.2 Å². The first-order valence-electron chi connectivity index (χ1n) is 3.47. The molecule has 3 aliphatic rings. The van der Waals surface area contributed by atoms with E-state index in [9.17, 15) is 5.11 Å². The van der Waals surface area contributed by atoms with E-state index >= 15 is 0 Å². The maximum absolute atomic E-state index is 9.33. The van der Waals surface area contributed by atoms with E-state index in [-0.39, 0.29) is 18.3 Å². The van der Waals surface area contributed by atoms with E-state index in [0.29, 0.717) is 6.61 Å². The lowest BCUT2D eigenvalue weighted by Crippen LogP contribution is -2.39. The Kier molecular flexibility index (Phi) is 0.840. The van der Waals surface area contributed by atoms with Gasteiger partial charge in [-0.1, -0.05) is 0 Å². The minimum atomic E-state index is -0.566. The second-order valence-corrected chi connectivity index (χ2v) is 2.93. The van der Waals surface area contributed by atoms with Gasteiger partial charge in [-0.3, -0.25) is 0 Å². The first kappa shape index (κ1) is 5.49. The predicted octanol–water partition coefficient (Wildman–Crippen LogP) is -1.13. The molecule has 0 aromatic carbocycles. The van der Waals surface area contributed by atoms with Crippen molar-refractivity contribution in [3.05, 3.63) is 0 Å². The molecule has 3 fully saturated rings. The fraction of sp³-hybridized carbons (Fsp3) is 1.00. The maximum atomic E-state index is 9.33.